The second kappa shape index (κ2) is 5.80. The molecule has 4 nitrogen and oxygen atoms in total. The molecule has 1 saturated heterocycles. The van der Waals surface area contributed by atoms with Gasteiger partial charge in [0.05, 0.1) is 0 Å². The molecule has 1 rings (SSSR count). The van der Waals surface area contributed by atoms with E-state index < -0.39 is 0 Å². The molecular formula is C9H18N2O2. The molecule has 0 spiro atoms. The molecule has 1 aliphatic heterocycles. The summed E-state index contributed by atoms with van der Waals surface area (Å²) in [5, 5.41) is 2.83. The van der Waals surface area contributed by atoms with Gasteiger partial charge in [-0.3, -0.25) is 0 Å². The zero-order chi connectivity index (χ0) is 9.52. The summed E-state index contributed by atoms with van der Waals surface area (Å²) in [6.45, 7) is 3.37. The van der Waals surface area contributed by atoms with E-state index in [-0.39, 0.29) is 6.03 Å². The van der Waals surface area contributed by atoms with Gasteiger partial charge in [0.1, 0.15) is 0 Å². The summed E-state index contributed by atoms with van der Waals surface area (Å²) in [6, 6.07) is 0.0867. The van der Waals surface area contributed by atoms with Crippen LogP contribution in [0.5, 0.6) is 0 Å². The maximum atomic E-state index is 11.2. The molecule has 0 aromatic rings. The number of unbranched alkanes of at least 4 members (excludes halogenated alkanes) is 1. The number of ether oxygens (including phenoxy) is 1. The summed E-state index contributed by atoms with van der Waals surface area (Å²) in [6.07, 6.45) is 3.12. The Balaban J connectivity index is 2.08. The highest BCUT2D eigenvalue weighted by Gasteiger charge is 2.15. The van der Waals surface area contributed by atoms with E-state index in [1.54, 1.807) is 7.11 Å². The first-order valence-electron chi connectivity index (χ1n) is 4.86. The molecule has 1 aliphatic rings. The van der Waals surface area contributed by atoms with E-state index in [1.807, 2.05) is 4.90 Å². The lowest BCUT2D eigenvalue weighted by molar-refractivity contribution is 0.172. The topological polar surface area (TPSA) is 41.6 Å². The van der Waals surface area contributed by atoms with Crippen molar-refractivity contribution in [1.82, 2.24) is 10.2 Å². The van der Waals surface area contributed by atoms with Crippen molar-refractivity contribution < 1.29 is 9.53 Å². The van der Waals surface area contributed by atoms with Crippen LogP contribution in [0, 0.1) is 0 Å². The molecule has 4 heteroatoms. The van der Waals surface area contributed by atoms with Gasteiger partial charge >= 0.3 is 6.03 Å². The van der Waals surface area contributed by atoms with Crippen molar-refractivity contribution in [3.8, 4) is 0 Å². The molecule has 0 atom stereocenters. The van der Waals surface area contributed by atoms with Crippen molar-refractivity contribution in [2.75, 3.05) is 33.4 Å². The van der Waals surface area contributed by atoms with Crippen LogP contribution in [0.25, 0.3) is 0 Å². The van der Waals surface area contributed by atoms with E-state index in [0.29, 0.717) is 0 Å². The largest absolute Gasteiger partial charge is 0.385 e. The SMILES string of the molecule is COCCCCN1CCCNC1=O. The van der Waals surface area contributed by atoms with Gasteiger partial charge in [-0.1, -0.05) is 0 Å². The summed E-state index contributed by atoms with van der Waals surface area (Å²) in [5.74, 6) is 0. The predicted octanol–water partition coefficient (Wildman–Crippen LogP) is 0.828. The van der Waals surface area contributed by atoms with Crippen LogP contribution in [0.2, 0.25) is 0 Å². The number of carbonyl (C=O) groups is 1. The molecule has 0 aromatic heterocycles. The zero-order valence-electron chi connectivity index (χ0n) is 8.21. The molecule has 13 heavy (non-hydrogen) atoms. The van der Waals surface area contributed by atoms with Crippen molar-refractivity contribution in [2.24, 2.45) is 0 Å². The predicted molar refractivity (Wildman–Crippen MR) is 50.7 cm³/mol. The Morgan fingerprint density at radius 1 is 1.54 bits per heavy atom. The molecule has 0 unspecified atom stereocenters. The molecular weight excluding hydrogens is 168 g/mol. The monoisotopic (exact) mass is 186 g/mol. The highest BCUT2D eigenvalue weighted by atomic mass is 16.5. The third-order valence-electron chi connectivity index (χ3n) is 2.19. The van der Waals surface area contributed by atoms with Crippen LogP contribution < -0.4 is 5.32 Å². The lowest BCUT2D eigenvalue weighted by Crippen LogP contribution is -2.46. The number of hydrogen-bond acceptors (Lipinski definition) is 2. The molecule has 1 N–H and O–H groups in total. The molecule has 1 heterocycles. The number of methoxy groups -OCH3 is 1. The standard InChI is InChI=1S/C9H18N2O2/c1-13-8-3-2-6-11-7-4-5-10-9(11)12/h2-8H2,1H3,(H,10,12). The van der Waals surface area contributed by atoms with E-state index in [9.17, 15) is 4.79 Å². The highest BCUT2D eigenvalue weighted by Crippen LogP contribution is 2.01. The zero-order valence-corrected chi connectivity index (χ0v) is 8.21. The fourth-order valence-electron chi connectivity index (χ4n) is 1.44. The van der Waals surface area contributed by atoms with Crippen LogP contribution >= 0.6 is 0 Å². The number of nitrogens with one attached hydrogen (secondary N) is 1. The number of hydrogen-bond donors (Lipinski definition) is 1. The van der Waals surface area contributed by atoms with Crippen molar-refractivity contribution in [3.63, 3.8) is 0 Å². The first kappa shape index (κ1) is 10.3. The minimum atomic E-state index is 0.0867. The summed E-state index contributed by atoms with van der Waals surface area (Å²) < 4.78 is 4.94. The Bertz CT molecular complexity index is 162. The number of urea groups is 1. The normalized spacial score (nSPS) is 17.3. The summed E-state index contributed by atoms with van der Waals surface area (Å²) >= 11 is 0. The molecule has 0 saturated carbocycles. The number of rotatable bonds is 5. The molecule has 2 amide bonds. The van der Waals surface area contributed by atoms with Gasteiger partial charge in [0, 0.05) is 33.4 Å². The molecule has 1 fully saturated rings. The average molecular weight is 186 g/mol. The maximum Gasteiger partial charge on any atom is 0.317 e. The number of carbonyl (C=O) groups excluding carboxylic acids is 1. The third-order valence-corrected chi connectivity index (χ3v) is 2.19. The molecule has 0 aromatic carbocycles. The van der Waals surface area contributed by atoms with Gasteiger partial charge in [-0.05, 0) is 19.3 Å². The van der Waals surface area contributed by atoms with Crippen molar-refractivity contribution in [2.45, 2.75) is 19.3 Å². The van der Waals surface area contributed by atoms with Crippen LogP contribution in [-0.2, 0) is 4.74 Å². The lowest BCUT2D eigenvalue weighted by Gasteiger charge is -2.27. The number of nitrogens with zero attached hydrogens (tertiary/aromatic N) is 1. The minimum Gasteiger partial charge on any atom is -0.385 e. The van der Waals surface area contributed by atoms with Gasteiger partial charge in [-0.15, -0.1) is 0 Å². The van der Waals surface area contributed by atoms with Gasteiger partial charge in [-0.2, -0.15) is 0 Å². The first-order chi connectivity index (χ1) is 6.34. The van der Waals surface area contributed by atoms with Crippen LogP contribution in [0.15, 0.2) is 0 Å². The van der Waals surface area contributed by atoms with Crippen LogP contribution in [0.3, 0.4) is 0 Å². The van der Waals surface area contributed by atoms with Gasteiger partial charge in [0.25, 0.3) is 0 Å². The van der Waals surface area contributed by atoms with Gasteiger partial charge in [0.15, 0.2) is 0 Å². The maximum absolute atomic E-state index is 11.2. The fraction of sp³-hybridized carbons (Fsp3) is 0.889. The Morgan fingerprint density at radius 2 is 2.38 bits per heavy atom. The van der Waals surface area contributed by atoms with Crippen molar-refractivity contribution in [3.05, 3.63) is 0 Å². The quantitative estimate of drug-likeness (QED) is 0.646. The Morgan fingerprint density at radius 3 is 3.08 bits per heavy atom. The Labute approximate surface area is 79.2 Å². The number of amides is 2. The van der Waals surface area contributed by atoms with E-state index >= 15 is 0 Å². The molecule has 76 valence electrons. The van der Waals surface area contributed by atoms with Gasteiger partial charge in [-0.25, -0.2) is 4.79 Å². The van der Waals surface area contributed by atoms with E-state index in [2.05, 4.69) is 5.32 Å². The van der Waals surface area contributed by atoms with E-state index in [0.717, 1.165) is 45.5 Å². The smallest absolute Gasteiger partial charge is 0.317 e. The van der Waals surface area contributed by atoms with Crippen LogP contribution in [0.4, 0.5) is 4.79 Å². The highest BCUT2D eigenvalue weighted by molar-refractivity contribution is 5.74. The Kier molecular flexibility index (Phi) is 4.60. The summed E-state index contributed by atoms with van der Waals surface area (Å²) in [7, 11) is 1.70. The summed E-state index contributed by atoms with van der Waals surface area (Å²) in [4.78, 5) is 13.1. The van der Waals surface area contributed by atoms with Crippen molar-refractivity contribution in [1.29, 1.82) is 0 Å². The molecule has 0 radical (unpaired) electrons. The molecule has 0 bridgehead atoms. The first-order valence-corrected chi connectivity index (χ1v) is 4.86. The third kappa shape index (κ3) is 3.63. The van der Waals surface area contributed by atoms with Crippen LogP contribution in [0.1, 0.15) is 19.3 Å². The summed E-state index contributed by atoms with van der Waals surface area (Å²) in [5.41, 5.74) is 0. The van der Waals surface area contributed by atoms with Gasteiger partial charge in [0.2, 0.25) is 0 Å². The Hall–Kier alpha value is -0.770. The van der Waals surface area contributed by atoms with E-state index in [1.165, 1.54) is 0 Å². The van der Waals surface area contributed by atoms with Crippen molar-refractivity contribution >= 4 is 6.03 Å². The average Bonchev–Trinajstić information content (AvgIpc) is 2.15. The lowest BCUT2D eigenvalue weighted by atomic mass is 10.2. The second-order valence-corrected chi connectivity index (χ2v) is 3.27. The van der Waals surface area contributed by atoms with Crippen LogP contribution in [-0.4, -0.2) is 44.3 Å². The molecule has 0 aliphatic carbocycles. The minimum absolute atomic E-state index is 0.0867. The fourth-order valence-corrected chi connectivity index (χ4v) is 1.44. The van der Waals surface area contributed by atoms with E-state index in [4.69, 9.17) is 4.74 Å². The second-order valence-electron chi connectivity index (χ2n) is 3.27. The van der Waals surface area contributed by atoms with Gasteiger partial charge < -0.3 is 15.0 Å².